The van der Waals surface area contributed by atoms with Gasteiger partial charge >= 0.3 is 5.97 Å². The van der Waals surface area contributed by atoms with Crippen molar-refractivity contribution in [3.8, 4) is 0 Å². The third-order valence-electron chi connectivity index (χ3n) is 3.84. The Morgan fingerprint density at radius 2 is 1.95 bits per heavy atom. The number of hydrogen-bond donors (Lipinski definition) is 1. The minimum atomic E-state index is -0.238. The predicted molar refractivity (Wildman–Crippen MR) is 78.4 cm³/mol. The zero-order valence-electron chi connectivity index (χ0n) is 13.3. The van der Waals surface area contributed by atoms with Gasteiger partial charge in [-0.2, -0.15) is 0 Å². The summed E-state index contributed by atoms with van der Waals surface area (Å²) in [5.41, 5.74) is 0. The zero-order chi connectivity index (χ0) is 16.0. The molecule has 0 radical (unpaired) electrons. The van der Waals surface area contributed by atoms with E-state index in [1.54, 1.807) is 4.90 Å². The number of nitrogens with zero attached hydrogens (tertiary/aromatic N) is 1. The summed E-state index contributed by atoms with van der Waals surface area (Å²) in [5.74, 6) is -0.109. The fourth-order valence-electron chi connectivity index (χ4n) is 2.57. The molecule has 1 heterocycles. The molecule has 1 rings (SSSR count). The second kappa shape index (κ2) is 8.00. The highest BCUT2D eigenvalue weighted by Crippen LogP contribution is 2.22. The number of ether oxygens (including phenoxy) is 1. The minimum Gasteiger partial charge on any atom is -0.469 e. The van der Waals surface area contributed by atoms with Gasteiger partial charge in [0.1, 0.15) is 0 Å². The summed E-state index contributed by atoms with van der Waals surface area (Å²) in [6.07, 6.45) is 1.81. The van der Waals surface area contributed by atoms with E-state index in [4.69, 9.17) is 0 Å². The Bertz CT molecular complexity index is 395. The van der Waals surface area contributed by atoms with E-state index in [1.165, 1.54) is 14.0 Å². The lowest BCUT2D eigenvalue weighted by atomic mass is 9.90. The lowest BCUT2D eigenvalue weighted by Crippen LogP contribution is -2.52. The summed E-state index contributed by atoms with van der Waals surface area (Å²) < 4.78 is 4.65. The number of likely N-dealkylation sites (tertiary alicyclic amines) is 1. The molecule has 1 aliphatic rings. The first-order valence-corrected chi connectivity index (χ1v) is 7.46. The highest BCUT2D eigenvalue weighted by atomic mass is 16.5. The number of esters is 1. The van der Waals surface area contributed by atoms with E-state index in [0.717, 1.165) is 6.42 Å². The van der Waals surface area contributed by atoms with Crippen LogP contribution in [0.3, 0.4) is 0 Å². The predicted octanol–water partition coefficient (Wildman–Crippen LogP) is 0.949. The molecule has 1 fully saturated rings. The lowest BCUT2D eigenvalue weighted by molar-refractivity contribution is -0.141. The number of carbonyl (C=O) groups excluding carboxylic acids is 3. The van der Waals surface area contributed by atoms with Crippen LogP contribution in [-0.2, 0) is 19.1 Å². The van der Waals surface area contributed by atoms with E-state index < -0.39 is 0 Å². The average molecular weight is 298 g/mol. The molecule has 2 atom stereocenters. The maximum atomic E-state index is 11.8. The third kappa shape index (κ3) is 5.73. The SMILES string of the molecule is COC(=O)CCC1CC(NC(=O)C(C)C)CN(C(C)=O)C1. The lowest BCUT2D eigenvalue weighted by Gasteiger charge is -2.38. The summed E-state index contributed by atoms with van der Waals surface area (Å²) in [6, 6.07) is -0.0415. The molecule has 0 aliphatic carbocycles. The van der Waals surface area contributed by atoms with E-state index in [1.807, 2.05) is 13.8 Å². The molecular weight excluding hydrogens is 272 g/mol. The van der Waals surface area contributed by atoms with Gasteiger partial charge in [0.05, 0.1) is 7.11 Å². The summed E-state index contributed by atoms with van der Waals surface area (Å²) in [6.45, 7) is 6.40. The van der Waals surface area contributed by atoms with Crippen LogP contribution in [0.15, 0.2) is 0 Å². The second-order valence-electron chi connectivity index (χ2n) is 6.00. The van der Waals surface area contributed by atoms with Crippen molar-refractivity contribution in [3.05, 3.63) is 0 Å². The second-order valence-corrected chi connectivity index (χ2v) is 6.00. The zero-order valence-corrected chi connectivity index (χ0v) is 13.3. The Balaban J connectivity index is 2.61. The first kappa shape index (κ1) is 17.5. The Morgan fingerprint density at radius 3 is 2.48 bits per heavy atom. The van der Waals surface area contributed by atoms with E-state index in [2.05, 4.69) is 10.1 Å². The fraction of sp³-hybridized carbons (Fsp3) is 0.800. The van der Waals surface area contributed by atoms with E-state index in [0.29, 0.717) is 25.9 Å². The average Bonchev–Trinajstić information content (AvgIpc) is 2.44. The highest BCUT2D eigenvalue weighted by molar-refractivity contribution is 5.78. The van der Waals surface area contributed by atoms with Crippen molar-refractivity contribution in [1.29, 1.82) is 0 Å². The van der Waals surface area contributed by atoms with Gasteiger partial charge in [0.25, 0.3) is 0 Å². The molecule has 120 valence electrons. The van der Waals surface area contributed by atoms with Crippen molar-refractivity contribution >= 4 is 17.8 Å². The van der Waals surface area contributed by atoms with Crippen LogP contribution in [0.2, 0.25) is 0 Å². The van der Waals surface area contributed by atoms with Crippen molar-refractivity contribution < 1.29 is 19.1 Å². The van der Waals surface area contributed by atoms with Crippen molar-refractivity contribution in [1.82, 2.24) is 10.2 Å². The Labute approximate surface area is 126 Å². The summed E-state index contributed by atoms with van der Waals surface area (Å²) >= 11 is 0. The van der Waals surface area contributed by atoms with Crippen LogP contribution in [0, 0.1) is 11.8 Å². The van der Waals surface area contributed by atoms with E-state index >= 15 is 0 Å². The van der Waals surface area contributed by atoms with E-state index in [-0.39, 0.29) is 35.7 Å². The Hall–Kier alpha value is -1.59. The van der Waals surface area contributed by atoms with Crippen molar-refractivity contribution in [2.75, 3.05) is 20.2 Å². The first-order valence-electron chi connectivity index (χ1n) is 7.46. The third-order valence-corrected chi connectivity index (χ3v) is 3.84. The van der Waals surface area contributed by atoms with Crippen LogP contribution in [0.1, 0.15) is 40.0 Å². The fourth-order valence-corrected chi connectivity index (χ4v) is 2.57. The van der Waals surface area contributed by atoms with Crippen LogP contribution in [0.5, 0.6) is 0 Å². The van der Waals surface area contributed by atoms with Gasteiger partial charge in [-0.15, -0.1) is 0 Å². The molecule has 21 heavy (non-hydrogen) atoms. The van der Waals surface area contributed by atoms with Crippen molar-refractivity contribution in [2.24, 2.45) is 11.8 Å². The monoisotopic (exact) mass is 298 g/mol. The Kier molecular flexibility index (Phi) is 6.65. The van der Waals surface area contributed by atoms with Gasteiger partial charge in [0.2, 0.25) is 11.8 Å². The topological polar surface area (TPSA) is 75.7 Å². The van der Waals surface area contributed by atoms with Gasteiger partial charge in [-0.3, -0.25) is 14.4 Å². The number of rotatable bonds is 5. The maximum absolute atomic E-state index is 11.8. The van der Waals surface area contributed by atoms with Crippen LogP contribution in [0.25, 0.3) is 0 Å². The van der Waals surface area contributed by atoms with Gasteiger partial charge in [0, 0.05) is 38.4 Å². The molecule has 0 aromatic carbocycles. The summed E-state index contributed by atoms with van der Waals surface area (Å²) in [7, 11) is 1.37. The summed E-state index contributed by atoms with van der Waals surface area (Å²) in [5, 5.41) is 2.99. The molecule has 0 bridgehead atoms. The van der Waals surface area contributed by atoms with Crippen LogP contribution >= 0.6 is 0 Å². The quantitative estimate of drug-likeness (QED) is 0.767. The molecule has 0 aromatic heterocycles. The number of nitrogens with one attached hydrogen (secondary N) is 1. The van der Waals surface area contributed by atoms with E-state index in [9.17, 15) is 14.4 Å². The number of methoxy groups -OCH3 is 1. The molecule has 2 unspecified atom stereocenters. The smallest absolute Gasteiger partial charge is 0.305 e. The minimum absolute atomic E-state index is 0.00145. The molecule has 6 heteroatoms. The molecule has 0 aromatic rings. The molecule has 0 saturated carbocycles. The largest absolute Gasteiger partial charge is 0.469 e. The number of carbonyl (C=O) groups is 3. The van der Waals surface area contributed by atoms with Gasteiger partial charge in [-0.05, 0) is 18.8 Å². The highest BCUT2D eigenvalue weighted by Gasteiger charge is 2.30. The normalized spacial score (nSPS) is 22.0. The van der Waals surface area contributed by atoms with Crippen molar-refractivity contribution in [3.63, 3.8) is 0 Å². The van der Waals surface area contributed by atoms with Crippen LogP contribution < -0.4 is 5.32 Å². The molecule has 2 amide bonds. The van der Waals surface area contributed by atoms with Gasteiger partial charge in [0.15, 0.2) is 0 Å². The van der Waals surface area contributed by atoms with Gasteiger partial charge < -0.3 is 15.0 Å². The number of amides is 2. The molecule has 0 spiro atoms. The molecule has 1 aliphatic heterocycles. The first-order chi connectivity index (χ1) is 9.83. The Morgan fingerprint density at radius 1 is 1.29 bits per heavy atom. The standard InChI is InChI=1S/C15H26N2O4/c1-10(2)15(20)16-13-7-12(5-6-14(19)21-4)8-17(9-13)11(3)18/h10,12-13H,5-9H2,1-4H3,(H,16,20). The van der Waals surface area contributed by atoms with Gasteiger partial charge in [-0.1, -0.05) is 13.8 Å². The maximum Gasteiger partial charge on any atom is 0.305 e. The van der Waals surface area contributed by atoms with Crippen LogP contribution in [0.4, 0.5) is 0 Å². The molecular formula is C15H26N2O4. The van der Waals surface area contributed by atoms with Crippen molar-refractivity contribution in [2.45, 2.75) is 46.1 Å². The molecule has 1 N–H and O–H groups in total. The molecule has 6 nitrogen and oxygen atoms in total. The number of piperidine rings is 1. The van der Waals surface area contributed by atoms with Gasteiger partial charge in [-0.25, -0.2) is 0 Å². The summed E-state index contributed by atoms with van der Waals surface area (Å²) in [4.78, 5) is 36.4. The molecule has 1 saturated heterocycles. The number of hydrogen-bond acceptors (Lipinski definition) is 4. The van der Waals surface area contributed by atoms with Crippen LogP contribution in [-0.4, -0.2) is 48.9 Å².